The van der Waals surface area contributed by atoms with Crippen molar-refractivity contribution in [3.8, 4) is 0 Å². The van der Waals surface area contributed by atoms with Gasteiger partial charge in [0.05, 0.1) is 5.69 Å². The summed E-state index contributed by atoms with van der Waals surface area (Å²) in [6.45, 7) is 1.73. The molecule has 0 saturated heterocycles. The van der Waals surface area contributed by atoms with Crippen LogP contribution in [0.2, 0.25) is 0 Å². The van der Waals surface area contributed by atoms with E-state index >= 15 is 0 Å². The van der Waals surface area contributed by atoms with Gasteiger partial charge >= 0.3 is 0 Å². The fourth-order valence-corrected chi connectivity index (χ4v) is 3.01. The van der Waals surface area contributed by atoms with E-state index in [9.17, 15) is 0 Å². The predicted octanol–water partition coefficient (Wildman–Crippen LogP) is 1.79. The number of rotatable bonds is 7. The van der Waals surface area contributed by atoms with Crippen molar-refractivity contribution < 1.29 is 0 Å². The predicted molar refractivity (Wildman–Crippen MR) is 69.3 cm³/mol. The number of nitrogens with two attached hydrogens (primary N) is 1. The molecule has 1 heterocycles. The first-order valence-corrected chi connectivity index (χ1v) is 7.11. The van der Waals surface area contributed by atoms with E-state index in [0.717, 1.165) is 31.0 Å². The van der Waals surface area contributed by atoms with Crippen molar-refractivity contribution in [2.75, 3.05) is 26.4 Å². The monoisotopic (exact) mass is 245 g/mol. The van der Waals surface area contributed by atoms with E-state index in [1.54, 1.807) is 11.3 Å². The summed E-state index contributed by atoms with van der Waals surface area (Å²) in [6, 6.07) is 0. The zero-order valence-electron chi connectivity index (χ0n) is 9.40. The molecule has 0 aliphatic carbocycles. The maximum Gasteiger partial charge on any atom is 0.107 e. The Kier molecular flexibility index (Phi) is 6.24. The first kappa shape index (κ1) is 13.0. The molecular weight excluding hydrogens is 226 g/mol. The van der Waals surface area contributed by atoms with Gasteiger partial charge in [-0.25, -0.2) is 4.98 Å². The van der Waals surface area contributed by atoms with E-state index in [1.165, 1.54) is 10.7 Å². The van der Waals surface area contributed by atoms with Gasteiger partial charge in [0.1, 0.15) is 5.01 Å². The SMILES string of the molecule is CN(C)Cc1nc(CSCCCN)cs1. The first-order chi connectivity index (χ1) is 7.22. The number of nitrogens with zero attached hydrogens (tertiary/aromatic N) is 2. The molecule has 5 heteroatoms. The molecule has 0 atom stereocenters. The van der Waals surface area contributed by atoms with Gasteiger partial charge in [0, 0.05) is 17.7 Å². The molecule has 15 heavy (non-hydrogen) atoms. The first-order valence-electron chi connectivity index (χ1n) is 5.08. The molecule has 0 aromatic carbocycles. The number of thiazole rings is 1. The van der Waals surface area contributed by atoms with Crippen LogP contribution in [0.3, 0.4) is 0 Å². The van der Waals surface area contributed by atoms with Crippen molar-refractivity contribution in [3.05, 3.63) is 16.1 Å². The zero-order valence-corrected chi connectivity index (χ0v) is 11.0. The summed E-state index contributed by atoms with van der Waals surface area (Å²) in [7, 11) is 4.13. The van der Waals surface area contributed by atoms with Crippen LogP contribution in [-0.2, 0) is 12.3 Å². The van der Waals surface area contributed by atoms with E-state index in [4.69, 9.17) is 5.73 Å². The van der Waals surface area contributed by atoms with Gasteiger partial charge in [-0.05, 0) is 32.8 Å². The van der Waals surface area contributed by atoms with E-state index in [1.807, 2.05) is 11.8 Å². The summed E-state index contributed by atoms with van der Waals surface area (Å²) in [5.41, 5.74) is 6.64. The minimum absolute atomic E-state index is 0.788. The van der Waals surface area contributed by atoms with Crippen molar-refractivity contribution in [1.29, 1.82) is 0 Å². The van der Waals surface area contributed by atoms with Crippen molar-refractivity contribution in [2.24, 2.45) is 5.73 Å². The van der Waals surface area contributed by atoms with Crippen molar-refractivity contribution in [2.45, 2.75) is 18.7 Å². The highest BCUT2D eigenvalue weighted by Crippen LogP contribution is 2.16. The second-order valence-corrected chi connectivity index (χ2v) is 5.71. The molecule has 2 N–H and O–H groups in total. The third-order valence-corrected chi connectivity index (χ3v) is 3.75. The Morgan fingerprint density at radius 3 is 3.00 bits per heavy atom. The molecule has 0 spiro atoms. The molecule has 1 aromatic rings. The quantitative estimate of drug-likeness (QED) is 0.744. The second kappa shape index (κ2) is 7.22. The minimum atomic E-state index is 0.788. The molecule has 0 fully saturated rings. The van der Waals surface area contributed by atoms with Crippen LogP contribution in [0.4, 0.5) is 0 Å². The lowest BCUT2D eigenvalue weighted by atomic mass is 10.5. The number of aromatic nitrogens is 1. The molecule has 0 aliphatic heterocycles. The molecule has 0 saturated carbocycles. The standard InChI is InChI=1S/C10H19N3S2/c1-13(2)6-10-12-9(8-15-10)7-14-5-3-4-11/h8H,3-7,11H2,1-2H3. The van der Waals surface area contributed by atoms with Gasteiger partial charge in [-0.3, -0.25) is 0 Å². The third-order valence-electron chi connectivity index (χ3n) is 1.79. The zero-order chi connectivity index (χ0) is 11.1. The molecule has 0 aliphatic rings. The molecular formula is C10H19N3S2. The van der Waals surface area contributed by atoms with Crippen LogP contribution in [0.1, 0.15) is 17.1 Å². The molecule has 0 bridgehead atoms. The molecule has 1 rings (SSSR count). The largest absolute Gasteiger partial charge is 0.330 e. The van der Waals surface area contributed by atoms with Gasteiger partial charge in [0.25, 0.3) is 0 Å². The Labute approximate surface area is 100 Å². The van der Waals surface area contributed by atoms with Crippen molar-refractivity contribution >= 4 is 23.1 Å². The van der Waals surface area contributed by atoms with Gasteiger partial charge in [0.2, 0.25) is 0 Å². The molecule has 0 radical (unpaired) electrons. The fourth-order valence-electron chi connectivity index (χ4n) is 1.12. The van der Waals surface area contributed by atoms with Crippen LogP contribution in [0.5, 0.6) is 0 Å². The van der Waals surface area contributed by atoms with E-state index in [-0.39, 0.29) is 0 Å². The van der Waals surface area contributed by atoms with Crippen LogP contribution in [-0.4, -0.2) is 36.3 Å². The molecule has 86 valence electrons. The Morgan fingerprint density at radius 2 is 2.33 bits per heavy atom. The van der Waals surface area contributed by atoms with Crippen LogP contribution in [0.25, 0.3) is 0 Å². The second-order valence-electron chi connectivity index (χ2n) is 3.67. The Hall–Kier alpha value is -0.100. The van der Waals surface area contributed by atoms with Gasteiger partial charge in [-0.15, -0.1) is 11.3 Å². The maximum atomic E-state index is 5.43. The highest BCUT2D eigenvalue weighted by atomic mass is 32.2. The van der Waals surface area contributed by atoms with Gasteiger partial charge < -0.3 is 10.6 Å². The van der Waals surface area contributed by atoms with E-state index in [0.29, 0.717) is 0 Å². The summed E-state index contributed by atoms with van der Waals surface area (Å²) in [5.74, 6) is 2.15. The Morgan fingerprint density at radius 1 is 1.53 bits per heavy atom. The summed E-state index contributed by atoms with van der Waals surface area (Å²) >= 11 is 3.66. The average molecular weight is 245 g/mol. The Bertz CT molecular complexity index is 273. The lowest BCUT2D eigenvalue weighted by Crippen LogP contribution is -2.10. The van der Waals surface area contributed by atoms with E-state index in [2.05, 4.69) is 29.4 Å². The van der Waals surface area contributed by atoms with Crippen LogP contribution >= 0.6 is 23.1 Å². The fraction of sp³-hybridized carbons (Fsp3) is 0.700. The topological polar surface area (TPSA) is 42.2 Å². The van der Waals surface area contributed by atoms with Crippen LogP contribution in [0.15, 0.2) is 5.38 Å². The van der Waals surface area contributed by atoms with Crippen molar-refractivity contribution in [1.82, 2.24) is 9.88 Å². The van der Waals surface area contributed by atoms with Gasteiger partial charge in [-0.2, -0.15) is 11.8 Å². The molecule has 0 amide bonds. The Balaban J connectivity index is 2.26. The van der Waals surface area contributed by atoms with E-state index < -0.39 is 0 Å². The third kappa shape index (κ3) is 5.51. The average Bonchev–Trinajstić information content (AvgIpc) is 2.59. The maximum absolute atomic E-state index is 5.43. The summed E-state index contributed by atoms with van der Waals surface area (Å²) in [5, 5.41) is 3.36. The highest BCUT2D eigenvalue weighted by molar-refractivity contribution is 7.98. The van der Waals surface area contributed by atoms with Gasteiger partial charge in [0.15, 0.2) is 0 Å². The normalized spacial score (nSPS) is 11.2. The molecule has 0 unspecified atom stereocenters. The van der Waals surface area contributed by atoms with Crippen LogP contribution in [0, 0.1) is 0 Å². The highest BCUT2D eigenvalue weighted by Gasteiger charge is 2.02. The lowest BCUT2D eigenvalue weighted by molar-refractivity contribution is 0.401. The van der Waals surface area contributed by atoms with Crippen molar-refractivity contribution in [3.63, 3.8) is 0 Å². The van der Waals surface area contributed by atoms with Crippen LogP contribution < -0.4 is 5.73 Å². The summed E-state index contributed by atoms with van der Waals surface area (Å²) in [6.07, 6.45) is 1.10. The number of hydrogen-bond acceptors (Lipinski definition) is 5. The number of thioether (sulfide) groups is 1. The smallest absolute Gasteiger partial charge is 0.107 e. The van der Waals surface area contributed by atoms with Gasteiger partial charge in [-0.1, -0.05) is 0 Å². The molecule has 1 aromatic heterocycles. The number of hydrogen-bond donors (Lipinski definition) is 1. The lowest BCUT2D eigenvalue weighted by Gasteiger charge is -2.05. The summed E-state index contributed by atoms with van der Waals surface area (Å²) in [4.78, 5) is 6.72. The molecule has 3 nitrogen and oxygen atoms in total. The minimum Gasteiger partial charge on any atom is -0.330 e. The summed E-state index contributed by atoms with van der Waals surface area (Å²) < 4.78 is 0.